The summed E-state index contributed by atoms with van der Waals surface area (Å²) in [4.78, 5) is 22.4. The van der Waals surface area contributed by atoms with Crippen LogP contribution in [-0.2, 0) is 0 Å². The normalized spacial score (nSPS) is 10.6. The molecule has 0 saturated carbocycles. The number of hydrazone groups is 1. The third-order valence-electron chi connectivity index (χ3n) is 3.20. The highest BCUT2D eigenvalue weighted by Gasteiger charge is 2.17. The number of hydrogen-bond acceptors (Lipinski definition) is 4. The Kier molecular flexibility index (Phi) is 4.63. The van der Waals surface area contributed by atoms with Gasteiger partial charge in [-0.05, 0) is 25.5 Å². The number of rotatable bonds is 4. The van der Waals surface area contributed by atoms with Crippen LogP contribution in [0.15, 0.2) is 47.6 Å². The van der Waals surface area contributed by atoms with Crippen molar-refractivity contribution in [3.63, 3.8) is 0 Å². The van der Waals surface area contributed by atoms with E-state index in [2.05, 4.69) is 10.5 Å². The monoisotopic (exact) mass is 297 g/mol. The van der Waals surface area contributed by atoms with Crippen molar-refractivity contribution < 1.29 is 9.72 Å². The molecule has 0 aromatic heterocycles. The van der Waals surface area contributed by atoms with E-state index in [1.165, 1.54) is 31.3 Å². The van der Waals surface area contributed by atoms with Crippen molar-refractivity contribution in [2.75, 3.05) is 0 Å². The highest BCUT2D eigenvalue weighted by molar-refractivity contribution is 5.97. The summed E-state index contributed by atoms with van der Waals surface area (Å²) in [5.41, 5.74) is 4.82. The number of nitrogens with zero attached hydrogens (tertiary/aromatic N) is 2. The Labute approximate surface area is 127 Å². The molecule has 0 saturated heterocycles. The van der Waals surface area contributed by atoms with Gasteiger partial charge in [0.15, 0.2) is 0 Å². The summed E-state index contributed by atoms with van der Waals surface area (Å²) < 4.78 is 0. The molecule has 0 radical (unpaired) electrons. The van der Waals surface area contributed by atoms with Gasteiger partial charge in [0.1, 0.15) is 0 Å². The molecule has 112 valence electrons. The Morgan fingerprint density at radius 2 is 1.86 bits per heavy atom. The van der Waals surface area contributed by atoms with Gasteiger partial charge in [-0.1, -0.05) is 35.9 Å². The van der Waals surface area contributed by atoms with Gasteiger partial charge in [0.25, 0.3) is 11.6 Å². The average molecular weight is 297 g/mol. The molecular formula is C16H15N3O3. The molecule has 6 nitrogen and oxygen atoms in total. The summed E-state index contributed by atoms with van der Waals surface area (Å²) in [6, 6.07) is 12.0. The molecule has 0 aliphatic carbocycles. The lowest BCUT2D eigenvalue weighted by Gasteiger charge is -2.04. The second kappa shape index (κ2) is 6.62. The van der Waals surface area contributed by atoms with Gasteiger partial charge < -0.3 is 0 Å². The summed E-state index contributed by atoms with van der Waals surface area (Å²) in [5.74, 6) is -0.482. The molecule has 0 heterocycles. The first-order chi connectivity index (χ1) is 10.5. The minimum atomic E-state index is -0.512. The molecule has 6 heteroatoms. The molecular weight excluding hydrogens is 282 g/mol. The minimum absolute atomic E-state index is 0.0878. The second-order valence-corrected chi connectivity index (χ2v) is 4.82. The van der Waals surface area contributed by atoms with Gasteiger partial charge in [-0.25, -0.2) is 5.43 Å². The third-order valence-corrected chi connectivity index (χ3v) is 3.20. The summed E-state index contributed by atoms with van der Waals surface area (Å²) in [7, 11) is 0. The van der Waals surface area contributed by atoms with E-state index >= 15 is 0 Å². The molecule has 0 spiro atoms. The van der Waals surface area contributed by atoms with E-state index in [0.717, 1.165) is 11.1 Å². The van der Waals surface area contributed by atoms with Crippen LogP contribution >= 0.6 is 0 Å². The zero-order valence-corrected chi connectivity index (χ0v) is 12.2. The fourth-order valence-electron chi connectivity index (χ4n) is 1.95. The standard InChI is InChI=1S/C16H15N3O3/c1-11-6-8-13(9-7-11)10-17-18-16(20)14-4-3-5-15(12(14)2)19(21)22/h3-10H,1-2H3,(H,18,20)/b17-10-. The van der Waals surface area contributed by atoms with E-state index in [9.17, 15) is 14.9 Å². The summed E-state index contributed by atoms with van der Waals surface area (Å²) in [6.45, 7) is 3.52. The maximum Gasteiger partial charge on any atom is 0.273 e. The molecule has 1 N–H and O–H groups in total. The van der Waals surface area contributed by atoms with Crippen molar-refractivity contribution in [1.82, 2.24) is 5.43 Å². The zero-order chi connectivity index (χ0) is 16.1. The smallest absolute Gasteiger partial charge is 0.267 e. The number of hydrogen-bond donors (Lipinski definition) is 1. The Bertz CT molecular complexity index is 737. The number of amides is 1. The maximum absolute atomic E-state index is 12.0. The van der Waals surface area contributed by atoms with E-state index in [-0.39, 0.29) is 11.3 Å². The second-order valence-electron chi connectivity index (χ2n) is 4.82. The maximum atomic E-state index is 12.0. The number of nitro groups is 1. The fraction of sp³-hybridized carbons (Fsp3) is 0.125. The Morgan fingerprint density at radius 1 is 1.18 bits per heavy atom. The van der Waals surface area contributed by atoms with E-state index in [1.54, 1.807) is 0 Å². The van der Waals surface area contributed by atoms with E-state index < -0.39 is 10.8 Å². The highest BCUT2D eigenvalue weighted by atomic mass is 16.6. The average Bonchev–Trinajstić information content (AvgIpc) is 2.49. The summed E-state index contributed by atoms with van der Waals surface area (Å²) in [6.07, 6.45) is 1.52. The molecule has 2 rings (SSSR count). The van der Waals surface area contributed by atoms with Crippen molar-refractivity contribution in [2.45, 2.75) is 13.8 Å². The molecule has 0 atom stereocenters. The molecule has 0 aliphatic heterocycles. The molecule has 2 aromatic rings. The first-order valence-electron chi connectivity index (χ1n) is 6.63. The van der Waals surface area contributed by atoms with Crippen LogP contribution in [0.3, 0.4) is 0 Å². The number of nitro benzene ring substituents is 1. The lowest BCUT2D eigenvalue weighted by atomic mass is 10.1. The van der Waals surface area contributed by atoms with Gasteiger partial charge in [0, 0.05) is 11.6 Å². The predicted molar refractivity (Wildman–Crippen MR) is 84.1 cm³/mol. The minimum Gasteiger partial charge on any atom is -0.267 e. The molecule has 0 unspecified atom stereocenters. The van der Waals surface area contributed by atoms with Gasteiger partial charge in [-0.2, -0.15) is 5.10 Å². The summed E-state index contributed by atoms with van der Waals surface area (Å²) in [5, 5.41) is 14.7. The number of nitrogens with one attached hydrogen (secondary N) is 1. The van der Waals surface area contributed by atoms with Gasteiger partial charge in [-0.3, -0.25) is 14.9 Å². The lowest BCUT2D eigenvalue weighted by molar-refractivity contribution is -0.385. The van der Waals surface area contributed by atoms with Crippen molar-refractivity contribution in [1.29, 1.82) is 0 Å². The number of aryl methyl sites for hydroxylation is 1. The topological polar surface area (TPSA) is 84.6 Å². The zero-order valence-electron chi connectivity index (χ0n) is 12.2. The predicted octanol–water partition coefficient (Wildman–Crippen LogP) is 2.98. The van der Waals surface area contributed by atoms with Crippen LogP contribution in [0.1, 0.15) is 27.0 Å². The molecule has 0 aliphatic rings. The summed E-state index contributed by atoms with van der Waals surface area (Å²) >= 11 is 0. The van der Waals surface area contributed by atoms with Crippen LogP contribution < -0.4 is 5.43 Å². The van der Waals surface area contributed by atoms with Crippen molar-refractivity contribution in [3.05, 3.63) is 74.8 Å². The van der Waals surface area contributed by atoms with Crippen molar-refractivity contribution >= 4 is 17.8 Å². The fourth-order valence-corrected chi connectivity index (χ4v) is 1.95. The van der Waals surface area contributed by atoms with Crippen molar-refractivity contribution in [2.24, 2.45) is 5.10 Å². The van der Waals surface area contributed by atoms with Crippen LogP contribution in [0.5, 0.6) is 0 Å². The Morgan fingerprint density at radius 3 is 2.50 bits per heavy atom. The first kappa shape index (κ1) is 15.4. The van der Waals surface area contributed by atoms with Crippen LogP contribution in [0, 0.1) is 24.0 Å². The highest BCUT2D eigenvalue weighted by Crippen LogP contribution is 2.20. The van der Waals surface area contributed by atoms with Crippen LogP contribution in [-0.4, -0.2) is 17.0 Å². The van der Waals surface area contributed by atoms with Crippen molar-refractivity contribution in [3.8, 4) is 0 Å². The number of carbonyl (C=O) groups excluding carboxylic acids is 1. The quantitative estimate of drug-likeness (QED) is 0.535. The lowest BCUT2D eigenvalue weighted by Crippen LogP contribution is -2.19. The molecule has 0 bridgehead atoms. The van der Waals surface area contributed by atoms with E-state index in [0.29, 0.717) is 5.56 Å². The first-order valence-corrected chi connectivity index (χ1v) is 6.63. The third kappa shape index (κ3) is 3.54. The Hall–Kier alpha value is -3.02. The van der Waals surface area contributed by atoms with Crippen LogP contribution in [0.25, 0.3) is 0 Å². The van der Waals surface area contributed by atoms with E-state index in [1.807, 2.05) is 31.2 Å². The number of carbonyl (C=O) groups is 1. The molecule has 2 aromatic carbocycles. The molecule has 1 amide bonds. The van der Waals surface area contributed by atoms with E-state index in [4.69, 9.17) is 0 Å². The molecule has 22 heavy (non-hydrogen) atoms. The number of benzene rings is 2. The van der Waals surface area contributed by atoms with Gasteiger partial charge in [0.2, 0.25) is 0 Å². The SMILES string of the molecule is Cc1ccc(/C=N\NC(=O)c2cccc([N+](=O)[O-])c2C)cc1. The van der Waals surface area contributed by atoms with Crippen LogP contribution in [0.2, 0.25) is 0 Å². The van der Waals surface area contributed by atoms with Gasteiger partial charge >= 0.3 is 0 Å². The van der Waals surface area contributed by atoms with Crippen LogP contribution in [0.4, 0.5) is 5.69 Å². The van der Waals surface area contributed by atoms with Gasteiger partial charge in [-0.15, -0.1) is 0 Å². The Balaban J connectivity index is 2.11. The largest absolute Gasteiger partial charge is 0.273 e. The molecule has 0 fully saturated rings. The van der Waals surface area contributed by atoms with Gasteiger partial charge in [0.05, 0.1) is 16.7 Å².